The lowest BCUT2D eigenvalue weighted by atomic mass is 10.2. The van der Waals surface area contributed by atoms with Crippen molar-refractivity contribution in [3.05, 3.63) is 59.9 Å². The Balaban J connectivity index is 1.49. The van der Waals surface area contributed by atoms with Crippen LogP contribution in [0.1, 0.15) is 23.2 Å². The molecule has 3 rings (SSSR count). The van der Waals surface area contributed by atoms with E-state index in [9.17, 15) is 9.18 Å². The quantitative estimate of drug-likeness (QED) is 0.785. The van der Waals surface area contributed by atoms with E-state index in [0.717, 1.165) is 25.2 Å². The summed E-state index contributed by atoms with van der Waals surface area (Å²) >= 11 is 5.10. The molecule has 26 heavy (non-hydrogen) atoms. The zero-order chi connectivity index (χ0) is 18.4. The van der Waals surface area contributed by atoms with E-state index >= 15 is 0 Å². The fraction of sp³-hybridized carbons (Fsp3) is 0.263. The highest BCUT2D eigenvalue weighted by atomic mass is 32.1. The molecule has 1 heterocycles. The minimum absolute atomic E-state index is 0.0606. The molecule has 0 radical (unpaired) electrons. The Morgan fingerprint density at radius 1 is 1.23 bits per heavy atom. The van der Waals surface area contributed by atoms with Crippen LogP contribution in [0.15, 0.2) is 48.5 Å². The van der Waals surface area contributed by atoms with Gasteiger partial charge in [0.2, 0.25) is 0 Å². The van der Waals surface area contributed by atoms with E-state index in [0.29, 0.717) is 12.3 Å². The molecule has 1 atom stereocenters. The second-order valence-corrected chi connectivity index (χ2v) is 6.27. The number of amides is 1. The molecular formula is C19H19FN2O3S. The third-order valence-corrected chi connectivity index (χ3v) is 4.12. The molecule has 0 aliphatic carbocycles. The molecule has 1 amide bonds. The Hall–Kier alpha value is -2.51. The molecule has 1 unspecified atom stereocenters. The Morgan fingerprint density at radius 2 is 2.00 bits per heavy atom. The first-order chi connectivity index (χ1) is 12.6. The molecule has 1 fully saturated rings. The van der Waals surface area contributed by atoms with Gasteiger partial charge in [0.1, 0.15) is 18.2 Å². The Morgan fingerprint density at radius 3 is 2.69 bits per heavy atom. The van der Waals surface area contributed by atoms with Gasteiger partial charge in [0.15, 0.2) is 5.11 Å². The number of nitrogens with one attached hydrogen (secondary N) is 2. The fourth-order valence-corrected chi connectivity index (χ4v) is 2.79. The molecule has 5 nitrogen and oxygen atoms in total. The van der Waals surface area contributed by atoms with Crippen molar-refractivity contribution >= 4 is 28.9 Å². The molecule has 0 bridgehead atoms. The van der Waals surface area contributed by atoms with Crippen molar-refractivity contribution in [3.63, 3.8) is 0 Å². The summed E-state index contributed by atoms with van der Waals surface area (Å²) in [5.74, 6) is -0.468. The van der Waals surface area contributed by atoms with Crippen molar-refractivity contribution in [1.29, 1.82) is 0 Å². The van der Waals surface area contributed by atoms with Crippen molar-refractivity contribution in [3.8, 4) is 5.75 Å². The van der Waals surface area contributed by atoms with Gasteiger partial charge in [0.25, 0.3) is 5.91 Å². The Labute approximate surface area is 156 Å². The molecule has 0 saturated carbocycles. The molecule has 1 aliphatic rings. The van der Waals surface area contributed by atoms with Crippen molar-refractivity contribution < 1.29 is 18.7 Å². The molecule has 1 aliphatic heterocycles. The summed E-state index contributed by atoms with van der Waals surface area (Å²) in [7, 11) is 0. The van der Waals surface area contributed by atoms with E-state index in [4.69, 9.17) is 21.7 Å². The van der Waals surface area contributed by atoms with Gasteiger partial charge in [0.05, 0.1) is 11.7 Å². The number of carbonyl (C=O) groups is 1. The van der Waals surface area contributed by atoms with Gasteiger partial charge in [-0.25, -0.2) is 4.39 Å². The topological polar surface area (TPSA) is 59.6 Å². The van der Waals surface area contributed by atoms with Crippen LogP contribution >= 0.6 is 12.2 Å². The van der Waals surface area contributed by atoms with Gasteiger partial charge in [-0.3, -0.25) is 10.1 Å². The van der Waals surface area contributed by atoms with Gasteiger partial charge < -0.3 is 14.8 Å². The number of halogens is 1. The standard InChI is InChI=1S/C19H19FN2O3S/c20-17-6-2-1-5-16(17)18(23)22-19(26)21-13-7-9-14(10-8-13)25-12-15-4-3-11-24-15/h1-2,5-10,15H,3-4,11-12H2,(H2,21,22,23,26). The summed E-state index contributed by atoms with van der Waals surface area (Å²) in [5.41, 5.74) is 0.628. The molecule has 0 aromatic heterocycles. The largest absolute Gasteiger partial charge is 0.491 e. The summed E-state index contributed by atoms with van der Waals surface area (Å²) < 4.78 is 24.8. The van der Waals surface area contributed by atoms with Crippen molar-refractivity contribution in [1.82, 2.24) is 5.32 Å². The van der Waals surface area contributed by atoms with E-state index in [1.165, 1.54) is 18.2 Å². The van der Waals surface area contributed by atoms with Gasteiger partial charge in [-0.15, -0.1) is 0 Å². The van der Waals surface area contributed by atoms with Gasteiger partial charge in [-0.05, 0) is 61.5 Å². The maximum Gasteiger partial charge on any atom is 0.260 e. The first-order valence-electron chi connectivity index (χ1n) is 8.33. The number of hydrogen-bond donors (Lipinski definition) is 2. The molecule has 1 saturated heterocycles. The normalized spacial score (nSPS) is 16.1. The lowest BCUT2D eigenvalue weighted by Crippen LogP contribution is -2.34. The van der Waals surface area contributed by atoms with Gasteiger partial charge in [0, 0.05) is 12.3 Å². The zero-order valence-electron chi connectivity index (χ0n) is 14.0. The van der Waals surface area contributed by atoms with Crippen LogP contribution in [0, 0.1) is 5.82 Å². The minimum Gasteiger partial charge on any atom is -0.491 e. The molecule has 2 aromatic rings. The van der Waals surface area contributed by atoms with E-state index < -0.39 is 11.7 Å². The van der Waals surface area contributed by atoms with Crippen LogP contribution in [0.4, 0.5) is 10.1 Å². The smallest absolute Gasteiger partial charge is 0.260 e. The minimum atomic E-state index is -0.600. The highest BCUT2D eigenvalue weighted by Gasteiger charge is 2.16. The number of thiocarbonyl (C=S) groups is 1. The third-order valence-electron chi connectivity index (χ3n) is 3.92. The van der Waals surface area contributed by atoms with E-state index in [1.54, 1.807) is 30.3 Å². The fourth-order valence-electron chi connectivity index (χ4n) is 2.58. The average Bonchev–Trinajstić information content (AvgIpc) is 3.15. The monoisotopic (exact) mass is 374 g/mol. The van der Waals surface area contributed by atoms with Crippen LogP contribution in [0.2, 0.25) is 0 Å². The first-order valence-corrected chi connectivity index (χ1v) is 8.74. The molecule has 0 spiro atoms. The number of carbonyl (C=O) groups excluding carboxylic acids is 1. The summed E-state index contributed by atoms with van der Waals surface area (Å²) in [6.07, 6.45) is 2.26. The summed E-state index contributed by atoms with van der Waals surface area (Å²) in [4.78, 5) is 12.0. The van der Waals surface area contributed by atoms with Gasteiger partial charge in [-0.1, -0.05) is 12.1 Å². The highest BCUT2D eigenvalue weighted by molar-refractivity contribution is 7.80. The number of anilines is 1. The van der Waals surface area contributed by atoms with E-state index in [2.05, 4.69) is 10.6 Å². The van der Waals surface area contributed by atoms with Crippen LogP contribution in [0.3, 0.4) is 0 Å². The maximum atomic E-state index is 13.6. The predicted molar refractivity (Wildman–Crippen MR) is 101 cm³/mol. The number of benzene rings is 2. The summed E-state index contributed by atoms with van der Waals surface area (Å²) in [5, 5.41) is 5.43. The van der Waals surface area contributed by atoms with Crippen molar-refractivity contribution in [2.45, 2.75) is 18.9 Å². The lowest BCUT2D eigenvalue weighted by molar-refractivity contribution is 0.0679. The summed E-state index contributed by atoms with van der Waals surface area (Å²) in [6, 6.07) is 12.9. The molecule has 7 heteroatoms. The maximum absolute atomic E-state index is 13.6. The van der Waals surface area contributed by atoms with Crippen LogP contribution in [0.5, 0.6) is 5.75 Å². The second kappa shape index (κ2) is 8.73. The van der Waals surface area contributed by atoms with Crippen molar-refractivity contribution in [2.24, 2.45) is 0 Å². The molecular weight excluding hydrogens is 355 g/mol. The first kappa shape index (κ1) is 18.3. The van der Waals surface area contributed by atoms with E-state index in [-0.39, 0.29) is 16.8 Å². The van der Waals surface area contributed by atoms with Crippen molar-refractivity contribution in [2.75, 3.05) is 18.5 Å². The Kier molecular flexibility index (Phi) is 6.14. The number of rotatable bonds is 5. The summed E-state index contributed by atoms with van der Waals surface area (Å²) in [6.45, 7) is 1.33. The van der Waals surface area contributed by atoms with Crippen LogP contribution in [-0.2, 0) is 4.74 Å². The lowest BCUT2D eigenvalue weighted by Gasteiger charge is -2.13. The van der Waals surface area contributed by atoms with Crippen LogP contribution in [-0.4, -0.2) is 30.3 Å². The molecule has 2 N–H and O–H groups in total. The molecule has 136 valence electrons. The van der Waals surface area contributed by atoms with E-state index in [1.807, 2.05) is 0 Å². The number of ether oxygens (including phenoxy) is 2. The highest BCUT2D eigenvalue weighted by Crippen LogP contribution is 2.18. The predicted octanol–water partition coefficient (Wildman–Crippen LogP) is 3.51. The Bertz CT molecular complexity index is 777. The average molecular weight is 374 g/mol. The second-order valence-electron chi connectivity index (χ2n) is 5.86. The van der Waals surface area contributed by atoms with Gasteiger partial charge in [-0.2, -0.15) is 0 Å². The zero-order valence-corrected chi connectivity index (χ0v) is 14.9. The van der Waals surface area contributed by atoms with Crippen LogP contribution < -0.4 is 15.4 Å². The SMILES string of the molecule is O=C(NC(=S)Nc1ccc(OCC2CCCO2)cc1)c1ccccc1F. The van der Waals surface area contributed by atoms with Crippen LogP contribution in [0.25, 0.3) is 0 Å². The number of hydrogen-bond acceptors (Lipinski definition) is 4. The van der Waals surface area contributed by atoms with Gasteiger partial charge >= 0.3 is 0 Å². The molecule has 2 aromatic carbocycles. The third kappa shape index (κ3) is 5.00.